The van der Waals surface area contributed by atoms with Gasteiger partial charge in [0.2, 0.25) is 0 Å². The first-order chi connectivity index (χ1) is 8.09. The van der Waals surface area contributed by atoms with Crippen LogP contribution >= 0.6 is 11.3 Å². The molecule has 0 bridgehead atoms. The molecule has 2 rings (SSSR count). The van der Waals surface area contributed by atoms with Crippen molar-refractivity contribution in [3.63, 3.8) is 0 Å². The molecule has 96 valence electrons. The lowest BCUT2D eigenvalue weighted by Crippen LogP contribution is -2.41. The average Bonchev–Trinajstić information content (AvgIpc) is 2.70. The molecule has 0 aromatic carbocycles. The summed E-state index contributed by atoms with van der Waals surface area (Å²) in [6.07, 6.45) is 2.58. The molecule has 2 heterocycles. The van der Waals surface area contributed by atoms with Crippen molar-refractivity contribution >= 4 is 17.0 Å². The van der Waals surface area contributed by atoms with E-state index in [1.807, 2.05) is 6.07 Å². The first kappa shape index (κ1) is 12.9. The number of thiophene rings is 1. The highest BCUT2D eigenvalue weighted by molar-refractivity contribution is 7.10. The number of rotatable bonds is 4. The Hall–Kier alpha value is -0.580. The monoisotopic (exact) mass is 253 g/mol. The number of piperidine rings is 1. The van der Waals surface area contributed by atoms with Crippen molar-refractivity contribution in [3.8, 4) is 0 Å². The Morgan fingerprint density at radius 3 is 2.76 bits per heavy atom. The Bertz CT molecular complexity index is 353. The molecule has 0 amide bonds. The summed E-state index contributed by atoms with van der Waals surface area (Å²) in [5, 5.41) is 5.62. The first-order valence-electron chi connectivity index (χ1n) is 6.30. The molecule has 3 N–H and O–H groups in total. The van der Waals surface area contributed by atoms with Crippen LogP contribution in [0.25, 0.3) is 0 Å². The van der Waals surface area contributed by atoms with Gasteiger partial charge < -0.3 is 16.0 Å². The summed E-state index contributed by atoms with van der Waals surface area (Å²) in [6.45, 7) is 6.84. The fraction of sp³-hybridized carbons (Fsp3) is 0.692. The minimum absolute atomic E-state index is 0.457. The maximum Gasteiger partial charge on any atom is 0.0468 e. The van der Waals surface area contributed by atoms with Crippen LogP contribution in [0.5, 0.6) is 0 Å². The molecule has 0 radical (unpaired) electrons. The highest BCUT2D eigenvalue weighted by Gasteiger charge is 2.28. The van der Waals surface area contributed by atoms with Crippen LogP contribution in [0.1, 0.15) is 24.6 Å². The molecular weight excluding hydrogens is 230 g/mol. The van der Waals surface area contributed by atoms with Gasteiger partial charge in [-0.1, -0.05) is 6.92 Å². The number of likely N-dealkylation sites (tertiary alicyclic amines) is 1. The summed E-state index contributed by atoms with van der Waals surface area (Å²) in [5.41, 5.74) is 7.26. The van der Waals surface area contributed by atoms with E-state index in [1.165, 1.54) is 30.8 Å². The van der Waals surface area contributed by atoms with Crippen LogP contribution in [-0.4, -0.2) is 31.6 Å². The number of nitrogens with two attached hydrogens (primary N) is 1. The fourth-order valence-corrected chi connectivity index (χ4v) is 3.08. The van der Waals surface area contributed by atoms with E-state index in [0.29, 0.717) is 5.41 Å². The number of hydrogen-bond donors (Lipinski definition) is 2. The number of nitrogens with zero attached hydrogens (tertiary/aromatic N) is 1. The Balaban J connectivity index is 1.76. The summed E-state index contributed by atoms with van der Waals surface area (Å²) < 4.78 is 0. The lowest BCUT2D eigenvalue weighted by molar-refractivity contribution is 0.137. The van der Waals surface area contributed by atoms with Gasteiger partial charge in [0.1, 0.15) is 0 Å². The van der Waals surface area contributed by atoms with E-state index in [1.54, 1.807) is 11.3 Å². The number of anilines is 1. The van der Waals surface area contributed by atoms with E-state index in [9.17, 15) is 0 Å². The van der Waals surface area contributed by atoms with Gasteiger partial charge in [0, 0.05) is 23.7 Å². The quantitative estimate of drug-likeness (QED) is 0.864. The summed E-state index contributed by atoms with van der Waals surface area (Å²) >= 11 is 1.74. The Kier molecular flexibility index (Phi) is 4.07. The van der Waals surface area contributed by atoms with Crippen LogP contribution in [-0.2, 0) is 6.54 Å². The molecule has 1 aliphatic heterocycles. The van der Waals surface area contributed by atoms with Crippen molar-refractivity contribution in [2.75, 3.05) is 32.4 Å². The van der Waals surface area contributed by atoms with Crippen molar-refractivity contribution in [2.45, 2.75) is 26.3 Å². The maximum absolute atomic E-state index is 5.87. The third-order valence-corrected chi connectivity index (χ3v) is 4.75. The molecule has 0 saturated carbocycles. The van der Waals surface area contributed by atoms with Crippen LogP contribution in [0.4, 0.5) is 5.69 Å². The minimum atomic E-state index is 0.457. The molecule has 1 fully saturated rings. The van der Waals surface area contributed by atoms with Gasteiger partial charge in [-0.2, -0.15) is 0 Å². The molecule has 0 aliphatic carbocycles. The second-order valence-corrected chi connectivity index (χ2v) is 6.52. The molecule has 4 heteroatoms. The smallest absolute Gasteiger partial charge is 0.0468 e. The molecule has 1 aliphatic rings. The third kappa shape index (κ3) is 3.44. The normalized spacial score (nSPS) is 20.6. The summed E-state index contributed by atoms with van der Waals surface area (Å²) in [5.74, 6) is 0. The zero-order chi connectivity index (χ0) is 12.3. The predicted molar refractivity (Wildman–Crippen MR) is 75.3 cm³/mol. The molecular formula is C13H23N3S. The van der Waals surface area contributed by atoms with Crippen molar-refractivity contribution in [2.24, 2.45) is 5.41 Å². The van der Waals surface area contributed by atoms with Crippen molar-refractivity contribution < 1.29 is 0 Å². The molecule has 3 nitrogen and oxygen atoms in total. The van der Waals surface area contributed by atoms with E-state index >= 15 is 0 Å². The van der Waals surface area contributed by atoms with E-state index in [-0.39, 0.29) is 0 Å². The highest BCUT2D eigenvalue weighted by Crippen LogP contribution is 2.29. The van der Waals surface area contributed by atoms with Crippen LogP contribution < -0.4 is 11.1 Å². The van der Waals surface area contributed by atoms with Crippen LogP contribution in [0.15, 0.2) is 11.4 Å². The number of nitrogen functional groups attached to an aromatic ring is 1. The first-order valence-corrected chi connectivity index (χ1v) is 7.18. The van der Waals surface area contributed by atoms with Crippen molar-refractivity contribution in [3.05, 3.63) is 16.3 Å². The zero-order valence-corrected chi connectivity index (χ0v) is 11.6. The van der Waals surface area contributed by atoms with Gasteiger partial charge in [0.25, 0.3) is 0 Å². The standard InChI is InChI=1S/C13H23N3S/c1-13(4-6-16(2)7-5-13)10-15-9-12-11(14)3-8-17-12/h3,8,15H,4-7,9-10,14H2,1-2H3. The Labute approximate surface area is 108 Å². The van der Waals surface area contributed by atoms with E-state index < -0.39 is 0 Å². The molecule has 1 aromatic rings. The van der Waals surface area contributed by atoms with Crippen LogP contribution in [0.3, 0.4) is 0 Å². The minimum Gasteiger partial charge on any atom is -0.398 e. The van der Waals surface area contributed by atoms with Gasteiger partial charge >= 0.3 is 0 Å². The summed E-state index contributed by atoms with van der Waals surface area (Å²) in [4.78, 5) is 3.68. The largest absolute Gasteiger partial charge is 0.398 e. The summed E-state index contributed by atoms with van der Waals surface area (Å²) in [7, 11) is 2.21. The average molecular weight is 253 g/mol. The number of nitrogens with one attached hydrogen (secondary N) is 1. The van der Waals surface area contributed by atoms with E-state index in [4.69, 9.17) is 5.73 Å². The Morgan fingerprint density at radius 1 is 1.47 bits per heavy atom. The van der Waals surface area contributed by atoms with Gasteiger partial charge in [-0.05, 0) is 49.8 Å². The SMILES string of the molecule is CN1CCC(C)(CNCc2sccc2N)CC1. The van der Waals surface area contributed by atoms with Gasteiger partial charge in [-0.25, -0.2) is 0 Å². The van der Waals surface area contributed by atoms with Crippen LogP contribution in [0.2, 0.25) is 0 Å². The second kappa shape index (κ2) is 5.38. The van der Waals surface area contributed by atoms with Crippen LogP contribution in [0, 0.1) is 5.41 Å². The molecule has 1 saturated heterocycles. The zero-order valence-electron chi connectivity index (χ0n) is 10.8. The lowest BCUT2D eigenvalue weighted by Gasteiger charge is -2.38. The Morgan fingerprint density at radius 2 is 2.18 bits per heavy atom. The third-order valence-electron chi connectivity index (χ3n) is 3.81. The van der Waals surface area contributed by atoms with Crippen molar-refractivity contribution in [1.82, 2.24) is 10.2 Å². The predicted octanol–water partition coefficient (Wildman–Crippen LogP) is 2.15. The summed E-state index contributed by atoms with van der Waals surface area (Å²) in [6, 6.07) is 1.99. The van der Waals surface area contributed by atoms with E-state index in [0.717, 1.165) is 18.8 Å². The maximum atomic E-state index is 5.87. The second-order valence-electron chi connectivity index (χ2n) is 5.52. The number of hydrogen-bond acceptors (Lipinski definition) is 4. The van der Waals surface area contributed by atoms with Gasteiger partial charge in [-0.3, -0.25) is 0 Å². The molecule has 1 aromatic heterocycles. The van der Waals surface area contributed by atoms with E-state index in [2.05, 4.69) is 29.6 Å². The molecule has 17 heavy (non-hydrogen) atoms. The topological polar surface area (TPSA) is 41.3 Å². The van der Waals surface area contributed by atoms with Gasteiger partial charge in [-0.15, -0.1) is 11.3 Å². The fourth-order valence-electron chi connectivity index (χ4n) is 2.31. The molecule has 0 spiro atoms. The molecule has 0 atom stereocenters. The highest BCUT2D eigenvalue weighted by atomic mass is 32.1. The van der Waals surface area contributed by atoms with Gasteiger partial charge in [0.05, 0.1) is 0 Å². The molecule has 0 unspecified atom stereocenters. The van der Waals surface area contributed by atoms with Gasteiger partial charge in [0.15, 0.2) is 0 Å². The van der Waals surface area contributed by atoms with Crippen molar-refractivity contribution in [1.29, 1.82) is 0 Å². The lowest BCUT2D eigenvalue weighted by atomic mass is 9.80.